The first-order chi connectivity index (χ1) is 6.72. The lowest BCUT2D eigenvalue weighted by Gasteiger charge is -2.18. The largest absolute Gasteiger partial charge is 0.395 e. The van der Waals surface area contributed by atoms with E-state index < -0.39 is 0 Å². The fourth-order valence-corrected chi connectivity index (χ4v) is 1.42. The number of aryl methyl sites for hydroxylation is 1. The standard InChI is InChI=1S/C10H19N3O/c1-9(2)12-10(8-14)4-7-13-6-3-5-11-13/h3,5-6,9-10,12,14H,4,7-8H2,1-2H3. The first-order valence-electron chi connectivity index (χ1n) is 5.06. The molecule has 2 N–H and O–H groups in total. The van der Waals surface area contributed by atoms with Crippen LogP contribution in [0.3, 0.4) is 0 Å². The molecule has 80 valence electrons. The SMILES string of the molecule is CC(C)NC(CO)CCn1cccn1. The molecule has 0 amide bonds. The van der Waals surface area contributed by atoms with Gasteiger partial charge in [0, 0.05) is 31.0 Å². The summed E-state index contributed by atoms with van der Waals surface area (Å²) in [6.07, 6.45) is 4.60. The van der Waals surface area contributed by atoms with Crippen LogP contribution in [0.25, 0.3) is 0 Å². The van der Waals surface area contributed by atoms with Crippen LogP contribution in [0.4, 0.5) is 0 Å². The summed E-state index contributed by atoms with van der Waals surface area (Å²) in [7, 11) is 0. The number of aromatic nitrogens is 2. The van der Waals surface area contributed by atoms with Crippen molar-refractivity contribution in [2.75, 3.05) is 6.61 Å². The van der Waals surface area contributed by atoms with E-state index in [4.69, 9.17) is 5.11 Å². The van der Waals surface area contributed by atoms with Crippen LogP contribution < -0.4 is 5.32 Å². The van der Waals surface area contributed by atoms with Gasteiger partial charge in [0.1, 0.15) is 0 Å². The molecule has 0 spiro atoms. The van der Waals surface area contributed by atoms with E-state index in [1.807, 2.05) is 16.9 Å². The van der Waals surface area contributed by atoms with Crippen molar-refractivity contribution in [2.45, 2.75) is 38.9 Å². The molecule has 0 aliphatic rings. The third-order valence-electron chi connectivity index (χ3n) is 2.06. The van der Waals surface area contributed by atoms with Crippen molar-refractivity contribution in [3.63, 3.8) is 0 Å². The van der Waals surface area contributed by atoms with E-state index in [1.54, 1.807) is 6.20 Å². The quantitative estimate of drug-likeness (QED) is 0.703. The minimum atomic E-state index is 0.166. The van der Waals surface area contributed by atoms with Crippen molar-refractivity contribution in [1.29, 1.82) is 0 Å². The Morgan fingerprint density at radius 3 is 2.79 bits per heavy atom. The minimum Gasteiger partial charge on any atom is -0.395 e. The molecule has 1 heterocycles. The molecule has 14 heavy (non-hydrogen) atoms. The third kappa shape index (κ3) is 3.89. The van der Waals surface area contributed by atoms with Gasteiger partial charge in [0.25, 0.3) is 0 Å². The normalized spacial score (nSPS) is 13.4. The Labute approximate surface area is 84.9 Å². The Morgan fingerprint density at radius 2 is 2.29 bits per heavy atom. The maximum Gasteiger partial charge on any atom is 0.0585 e. The van der Waals surface area contributed by atoms with Crippen molar-refractivity contribution in [1.82, 2.24) is 15.1 Å². The first-order valence-corrected chi connectivity index (χ1v) is 5.06. The van der Waals surface area contributed by atoms with Crippen LogP contribution in [0.2, 0.25) is 0 Å². The van der Waals surface area contributed by atoms with Gasteiger partial charge in [0.2, 0.25) is 0 Å². The van der Waals surface area contributed by atoms with Crippen LogP contribution in [0.15, 0.2) is 18.5 Å². The van der Waals surface area contributed by atoms with E-state index in [0.717, 1.165) is 13.0 Å². The van der Waals surface area contributed by atoms with Gasteiger partial charge in [0.15, 0.2) is 0 Å². The van der Waals surface area contributed by atoms with Gasteiger partial charge in [0.05, 0.1) is 6.61 Å². The van der Waals surface area contributed by atoms with Crippen LogP contribution >= 0.6 is 0 Å². The highest BCUT2D eigenvalue weighted by Gasteiger charge is 2.08. The highest BCUT2D eigenvalue weighted by atomic mass is 16.3. The molecule has 0 bridgehead atoms. The summed E-state index contributed by atoms with van der Waals surface area (Å²) in [5, 5.41) is 16.5. The number of aliphatic hydroxyl groups excluding tert-OH is 1. The molecule has 1 aromatic heterocycles. The van der Waals surface area contributed by atoms with Crippen molar-refractivity contribution in [3.05, 3.63) is 18.5 Å². The number of hydrogen-bond acceptors (Lipinski definition) is 3. The number of nitrogens with one attached hydrogen (secondary N) is 1. The molecule has 0 aliphatic heterocycles. The number of aliphatic hydroxyl groups is 1. The van der Waals surface area contributed by atoms with Crippen molar-refractivity contribution in [2.24, 2.45) is 0 Å². The van der Waals surface area contributed by atoms with Gasteiger partial charge in [-0.25, -0.2) is 0 Å². The molecular formula is C10H19N3O. The number of hydrogen-bond donors (Lipinski definition) is 2. The topological polar surface area (TPSA) is 50.1 Å². The summed E-state index contributed by atoms with van der Waals surface area (Å²) in [6.45, 7) is 5.19. The molecule has 1 rings (SSSR count). The smallest absolute Gasteiger partial charge is 0.0585 e. The Morgan fingerprint density at radius 1 is 1.50 bits per heavy atom. The zero-order valence-corrected chi connectivity index (χ0v) is 8.85. The molecular weight excluding hydrogens is 178 g/mol. The molecule has 1 aromatic rings. The summed E-state index contributed by atoms with van der Waals surface area (Å²) < 4.78 is 1.88. The summed E-state index contributed by atoms with van der Waals surface area (Å²) >= 11 is 0. The summed E-state index contributed by atoms with van der Waals surface area (Å²) in [5.74, 6) is 0. The van der Waals surface area contributed by atoms with E-state index in [0.29, 0.717) is 6.04 Å². The molecule has 0 fully saturated rings. The maximum absolute atomic E-state index is 9.11. The van der Waals surface area contributed by atoms with Crippen molar-refractivity contribution in [3.8, 4) is 0 Å². The van der Waals surface area contributed by atoms with Crippen LogP contribution in [-0.2, 0) is 6.54 Å². The molecule has 1 atom stereocenters. The van der Waals surface area contributed by atoms with Gasteiger partial charge in [-0.2, -0.15) is 5.10 Å². The monoisotopic (exact) mass is 197 g/mol. The zero-order valence-electron chi connectivity index (χ0n) is 8.85. The van der Waals surface area contributed by atoms with Crippen LogP contribution in [0.1, 0.15) is 20.3 Å². The summed E-state index contributed by atoms with van der Waals surface area (Å²) in [5.41, 5.74) is 0. The molecule has 0 saturated carbocycles. The Bertz CT molecular complexity index is 234. The molecule has 0 aliphatic carbocycles. The lowest BCUT2D eigenvalue weighted by Crippen LogP contribution is -2.38. The fraction of sp³-hybridized carbons (Fsp3) is 0.700. The predicted octanol–water partition coefficient (Wildman–Crippen LogP) is 0.632. The van der Waals surface area contributed by atoms with E-state index in [1.165, 1.54) is 0 Å². The molecule has 0 aromatic carbocycles. The van der Waals surface area contributed by atoms with Gasteiger partial charge >= 0.3 is 0 Å². The molecule has 0 radical (unpaired) electrons. The van der Waals surface area contributed by atoms with Gasteiger partial charge in [-0.3, -0.25) is 4.68 Å². The van der Waals surface area contributed by atoms with E-state index >= 15 is 0 Å². The Kier molecular flexibility index (Phi) is 4.62. The van der Waals surface area contributed by atoms with Gasteiger partial charge in [-0.1, -0.05) is 13.8 Å². The number of rotatable bonds is 6. The van der Waals surface area contributed by atoms with Crippen molar-refractivity contribution < 1.29 is 5.11 Å². The third-order valence-corrected chi connectivity index (χ3v) is 2.06. The van der Waals surface area contributed by atoms with Crippen LogP contribution in [0.5, 0.6) is 0 Å². The Balaban J connectivity index is 2.27. The predicted molar refractivity (Wildman–Crippen MR) is 56.0 cm³/mol. The van der Waals surface area contributed by atoms with E-state index in [-0.39, 0.29) is 12.6 Å². The fourth-order valence-electron chi connectivity index (χ4n) is 1.42. The lowest BCUT2D eigenvalue weighted by molar-refractivity contribution is 0.222. The number of nitrogens with zero attached hydrogens (tertiary/aromatic N) is 2. The molecule has 0 saturated heterocycles. The molecule has 4 nitrogen and oxygen atoms in total. The minimum absolute atomic E-state index is 0.166. The van der Waals surface area contributed by atoms with Gasteiger partial charge < -0.3 is 10.4 Å². The maximum atomic E-state index is 9.11. The van der Waals surface area contributed by atoms with Crippen LogP contribution in [-0.4, -0.2) is 33.6 Å². The zero-order chi connectivity index (χ0) is 10.4. The summed E-state index contributed by atoms with van der Waals surface area (Å²) in [6, 6.07) is 2.48. The second kappa shape index (κ2) is 5.78. The van der Waals surface area contributed by atoms with E-state index in [9.17, 15) is 0 Å². The van der Waals surface area contributed by atoms with Gasteiger partial charge in [-0.15, -0.1) is 0 Å². The van der Waals surface area contributed by atoms with Gasteiger partial charge in [-0.05, 0) is 12.5 Å². The second-order valence-corrected chi connectivity index (χ2v) is 3.76. The van der Waals surface area contributed by atoms with E-state index in [2.05, 4.69) is 24.3 Å². The molecule has 1 unspecified atom stereocenters. The Hall–Kier alpha value is -0.870. The highest BCUT2D eigenvalue weighted by Crippen LogP contribution is 1.97. The van der Waals surface area contributed by atoms with Crippen molar-refractivity contribution >= 4 is 0 Å². The average Bonchev–Trinajstić information content (AvgIpc) is 2.64. The lowest BCUT2D eigenvalue weighted by atomic mass is 10.2. The van der Waals surface area contributed by atoms with Crippen LogP contribution in [0, 0.1) is 0 Å². The highest BCUT2D eigenvalue weighted by molar-refractivity contribution is 4.78. The second-order valence-electron chi connectivity index (χ2n) is 3.76. The summed E-state index contributed by atoms with van der Waals surface area (Å²) in [4.78, 5) is 0. The first kappa shape index (κ1) is 11.2. The average molecular weight is 197 g/mol. The molecule has 4 heteroatoms.